The Bertz CT molecular complexity index is 2170. The van der Waals surface area contributed by atoms with E-state index in [-0.39, 0.29) is 24.4 Å². The Morgan fingerprint density at radius 1 is 0.800 bits per heavy atom. The van der Waals surface area contributed by atoms with Crippen molar-refractivity contribution in [2.24, 2.45) is 0 Å². The molecular formula is C41H56N4O8S2. The second kappa shape index (κ2) is 20.7. The molecule has 14 heteroatoms. The molecule has 0 saturated heterocycles. The Hall–Kier alpha value is -4.11. The summed E-state index contributed by atoms with van der Waals surface area (Å²) in [5.41, 5.74) is 2.44. The van der Waals surface area contributed by atoms with Crippen molar-refractivity contribution in [2.75, 3.05) is 44.2 Å². The molecule has 55 heavy (non-hydrogen) atoms. The van der Waals surface area contributed by atoms with E-state index in [0.29, 0.717) is 40.8 Å². The Labute approximate surface area is 326 Å². The monoisotopic (exact) mass is 796 g/mol. The third kappa shape index (κ3) is 11.7. The summed E-state index contributed by atoms with van der Waals surface area (Å²) < 4.78 is 76.4. The number of rotatable bonds is 23. The van der Waals surface area contributed by atoms with Gasteiger partial charge in [0.1, 0.15) is 40.8 Å². The molecule has 2 aliphatic rings. The Morgan fingerprint density at radius 3 is 2.09 bits per heavy atom. The van der Waals surface area contributed by atoms with Gasteiger partial charge in [0.15, 0.2) is 0 Å². The van der Waals surface area contributed by atoms with Crippen LogP contribution in [0.1, 0.15) is 91.9 Å². The Morgan fingerprint density at radius 2 is 1.45 bits per heavy atom. The topological polar surface area (TPSA) is 169 Å². The number of hydrogen-bond donors (Lipinski definition) is 2. The fourth-order valence-electron chi connectivity index (χ4n) is 6.92. The molecule has 0 atom stereocenters. The summed E-state index contributed by atoms with van der Waals surface area (Å²) in [5, 5.41) is 4.28. The van der Waals surface area contributed by atoms with Crippen LogP contribution >= 0.6 is 0 Å². The van der Waals surface area contributed by atoms with E-state index in [1.165, 1.54) is 12.1 Å². The van der Waals surface area contributed by atoms with E-state index >= 15 is 0 Å². The number of nitrogens with one attached hydrogen (secondary N) is 2. The third-order valence-electron chi connectivity index (χ3n) is 9.96. The number of fused-ring (bicyclic) bond motifs is 2. The summed E-state index contributed by atoms with van der Waals surface area (Å²) in [4.78, 5) is 23.9. The van der Waals surface area contributed by atoms with E-state index in [0.717, 1.165) is 101 Å². The molecule has 0 aromatic heterocycles. The van der Waals surface area contributed by atoms with Crippen molar-refractivity contribution in [1.29, 1.82) is 0 Å². The number of unbranched alkanes of at least 4 members (excludes halogenated alkanes) is 8. The second-order valence-electron chi connectivity index (χ2n) is 13.6. The number of anilines is 1. The molecule has 4 rings (SSSR count). The van der Waals surface area contributed by atoms with Gasteiger partial charge in [0.05, 0.1) is 15.9 Å². The van der Waals surface area contributed by atoms with E-state index in [1.54, 1.807) is 0 Å². The van der Waals surface area contributed by atoms with Crippen molar-refractivity contribution in [3.8, 4) is 22.5 Å². The lowest BCUT2D eigenvalue weighted by atomic mass is 9.93. The highest BCUT2D eigenvalue weighted by Gasteiger charge is 2.25. The van der Waals surface area contributed by atoms with Gasteiger partial charge in [-0.2, -0.15) is 0 Å². The fourth-order valence-corrected chi connectivity index (χ4v) is 8.77. The van der Waals surface area contributed by atoms with Gasteiger partial charge in [-0.05, 0) is 70.9 Å². The molecule has 0 saturated carbocycles. The number of nitrogens with zero attached hydrogens (tertiary/aromatic N) is 2. The van der Waals surface area contributed by atoms with Gasteiger partial charge in [-0.15, -0.1) is 0 Å². The van der Waals surface area contributed by atoms with Crippen molar-refractivity contribution in [2.45, 2.75) is 102 Å². The first-order chi connectivity index (χ1) is 26.4. The minimum absolute atomic E-state index is 0.0555. The molecule has 0 spiro atoms. The lowest BCUT2D eigenvalue weighted by molar-refractivity contribution is -0.120. The highest BCUT2D eigenvalue weighted by molar-refractivity contribution is 7.89. The predicted molar refractivity (Wildman–Crippen MR) is 217 cm³/mol. The largest absolute Gasteiger partial charge is 0.744 e. The second-order valence-corrected chi connectivity index (χ2v) is 16.7. The van der Waals surface area contributed by atoms with Gasteiger partial charge in [-0.25, -0.2) is 26.1 Å². The molecule has 0 radical (unpaired) electrons. The number of amides is 1. The standard InChI is InChI=1S/C41H56N4O8S2/c1-5-44(6-2)31-18-21-34-37(28-31)53-38-29-32(45(7-3)8-4)19-22-35(38)41(34)36-23-20-33(30-39(36)55(50,51)52)54(48,49)43-26-24-40(47)42-25-16-14-12-10-9-11-13-15-17-27-46/h18-23,27-30,43H,5-17,24-26H2,1-4H3,(H-,42,47,50,51,52). The van der Waals surface area contributed by atoms with Crippen LogP contribution in [0.3, 0.4) is 0 Å². The van der Waals surface area contributed by atoms with Gasteiger partial charge in [0, 0.05) is 78.9 Å². The highest BCUT2D eigenvalue weighted by Crippen LogP contribution is 2.43. The van der Waals surface area contributed by atoms with Crippen LogP contribution in [0.15, 0.2) is 68.8 Å². The number of hydrogen-bond acceptors (Lipinski definition) is 9. The predicted octanol–water partition coefficient (Wildman–Crippen LogP) is 6.26. The summed E-state index contributed by atoms with van der Waals surface area (Å²) in [6.45, 7) is 11.5. The summed E-state index contributed by atoms with van der Waals surface area (Å²) in [6, 6.07) is 14.8. The van der Waals surface area contributed by atoms with Gasteiger partial charge >= 0.3 is 0 Å². The lowest BCUT2D eigenvalue weighted by Gasteiger charge is -2.23. The van der Waals surface area contributed by atoms with Gasteiger partial charge in [-0.1, -0.05) is 44.6 Å². The van der Waals surface area contributed by atoms with Gasteiger partial charge in [-0.3, -0.25) is 4.79 Å². The van der Waals surface area contributed by atoms with Crippen molar-refractivity contribution in [3.63, 3.8) is 0 Å². The minimum atomic E-state index is -5.19. The number of carbonyl (C=O) groups is 2. The molecule has 12 nitrogen and oxygen atoms in total. The Balaban J connectivity index is 1.57. The fraction of sp³-hybridized carbons (Fsp3) is 0.488. The molecule has 1 amide bonds. The summed E-state index contributed by atoms with van der Waals surface area (Å²) >= 11 is 0. The quantitative estimate of drug-likeness (QED) is 0.0289. The summed E-state index contributed by atoms with van der Waals surface area (Å²) in [5.74, 6) is 0.172. The molecule has 0 bridgehead atoms. The molecule has 1 aliphatic carbocycles. The third-order valence-corrected chi connectivity index (χ3v) is 12.3. The van der Waals surface area contributed by atoms with Crippen LogP contribution in [0.4, 0.5) is 5.69 Å². The van der Waals surface area contributed by atoms with Crippen LogP contribution in [0.5, 0.6) is 0 Å². The van der Waals surface area contributed by atoms with Crippen LogP contribution in [0.25, 0.3) is 33.4 Å². The lowest BCUT2D eigenvalue weighted by Crippen LogP contribution is -2.31. The molecule has 1 heterocycles. The average Bonchev–Trinajstić information content (AvgIpc) is 3.16. The average molecular weight is 797 g/mol. The smallest absolute Gasteiger partial charge is 0.240 e. The van der Waals surface area contributed by atoms with Crippen molar-refractivity contribution in [3.05, 3.63) is 60.0 Å². The number of sulfonamides is 1. The van der Waals surface area contributed by atoms with E-state index < -0.39 is 29.9 Å². The molecule has 0 unspecified atom stereocenters. The van der Waals surface area contributed by atoms with Crippen LogP contribution in [0.2, 0.25) is 0 Å². The van der Waals surface area contributed by atoms with Gasteiger partial charge in [0.2, 0.25) is 21.3 Å². The van der Waals surface area contributed by atoms with E-state index in [4.69, 9.17) is 4.42 Å². The van der Waals surface area contributed by atoms with Crippen LogP contribution in [-0.4, -0.2) is 72.9 Å². The van der Waals surface area contributed by atoms with Crippen LogP contribution in [0, 0.1) is 0 Å². The zero-order valence-electron chi connectivity index (χ0n) is 32.6. The molecule has 2 aromatic rings. The van der Waals surface area contributed by atoms with E-state index in [2.05, 4.69) is 19.5 Å². The molecule has 300 valence electrons. The van der Waals surface area contributed by atoms with E-state index in [1.807, 2.05) is 64.1 Å². The Kier molecular flexibility index (Phi) is 16.4. The normalized spacial score (nSPS) is 11.9. The van der Waals surface area contributed by atoms with Crippen molar-refractivity contribution in [1.82, 2.24) is 14.6 Å². The number of benzene rings is 3. The van der Waals surface area contributed by atoms with Crippen molar-refractivity contribution >= 4 is 49.0 Å². The summed E-state index contributed by atoms with van der Waals surface area (Å²) in [6.07, 6.45) is 9.68. The molecule has 2 aromatic carbocycles. The number of carbonyl (C=O) groups excluding carboxylic acids is 2. The first-order valence-corrected chi connectivity index (χ1v) is 22.4. The number of aldehydes is 1. The summed E-state index contributed by atoms with van der Waals surface area (Å²) in [7, 11) is -9.48. The van der Waals surface area contributed by atoms with E-state index in [9.17, 15) is 31.0 Å². The maximum absolute atomic E-state index is 13.4. The van der Waals surface area contributed by atoms with Gasteiger partial charge in [0.25, 0.3) is 0 Å². The molecule has 1 aliphatic heterocycles. The first kappa shape index (κ1) is 43.6. The van der Waals surface area contributed by atoms with Crippen molar-refractivity contribution < 1.29 is 35.4 Å². The maximum atomic E-state index is 13.4. The molecule has 0 fully saturated rings. The minimum Gasteiger partial charge on any atom is -0.744 e. The highest BCUT2D eigenvalue weighted by atomic mass is 32.2. The van der Waals surface area contributed by atoms with Gasteiger partial charge < -0.3 is 24.0 Å². The molecular weight excluding hydrogens is 741 g/mol. The first-order valence-electron chi connectivity index (χ1n) is 19.5. The zero-order chi connectivity index (χ0) is 40.0. The van der Waals surface area contributed by atoms with Crippen LogP contribution < -0.4 is 24.9 Å². The van der Waals surface area contributed by atoms with Crippen LogP contribution in [-0.2, 0) is 29.7 Å². The SMILES string of the molecule is CCN(CC)c1ccc2c(-c3ccc(S(=O)(=O)NCCC(=O)NCCCCCCCCCCC=O)cc3S(=O)(=O)[O-])c3ccc(=[N+](CC)CC)cc-3oc2c1. The zero-order valence-corrected chi connectivity index (χ0v) is 34.2. The maximum Gasteiger partial charge on any atom is 0.240 e. The molecule has 2 N–H and O–H groups in total.